The first-order valence-electron chi connectivity index (χ1n) is 8.08. The molecule has 0 aliphatic carbocycles. The number of rotatable bonds is 5. The Bertz CT molecular complexity index is 259. The van der Waals surface area contributed by atoms with Crippen LogP contribution in [0.15, 0.2) is 0 Å². The molecular formula is C17H36N2. The molecule has 2 nitrogen and oxygen atoms in total. The Hall–Kier alpha value is -0.0800. The van der Waals surface area contributed by atoms with Crippen molar-refractivity contribution in [2.45, 2.75) is 79.3 Å². The van der Waals surface area contributed by atoms with Crippen molar-refractivity contribution in [3.8, 4) is 0 Å². The van der Waals surface area contributed by atoms with E-state index in [2.05, 4.69) is 58.7 Å². The summed E-state index contributed by atoms with van der Waals surface area (Å²) in [4.78, 5) is 2.70. The summed E-state index contributed by atoms with van der Waals surface area (Å²) >= 11 is 0. The van der Waals surface area contributed by atoms with Crippen LogP contribution in [-0.4, -0.2) is 36.1 Å². The lowest BCUT2D eigenvalue weighted by Crippen LogP contribution is -2.37. The van der Waals surface area contributed by atoms with E-state index in [0.717, 1.165) is 18.5 Å². The smallest absolute Gasteiger partial charge is 0.00965 e. The van der Waals surface area contributed by atoms with Gasteiger partial charge in [0.05, 0.1) is 0 Å². The maximum Gasteiger partial charge on any atom is 0.00965 e. The first-order valence-corrected chi connectivity index (χ1v) is 8.08. The molecule has 0 aromatic heterocycles. The number of nitrogens with one attached hydrogen (secondary N) is 1. The predicted octanol–water partition coefficient (Wildman–Crippen LogP) is 3.91. The summed E-state index contributed by atoms with van der Waals surface area (Å²) in [5, 5.41) is 3.58. The van der Waals surface area contributed by atoms with E-state index in [1.165, 1.54) is 32.4 Å². The third-order valence-electron chi connectivity index (χ3n) is 4.52. The van der Waals surface area contributed by atoms with Gasteiger partial charge >= 0.3 is 0 Å². The summed E-state index contributed by atoms with van der Waals surface area (Å²) in [5.74, 6) is 0.877. The first-order chi connectivity index (χ1) is 8.59. The fourth-order valence-electron chi connectivity index (χ4n) is 2.94. The summed E-state index contributed by atoms with van der Waals surface area (Å²) < 4.78 is 0. The van der Waals surface area contributed by atoms with Gasteiger partial charge in [-0.25, -0.2) is 0 Å². The van der Waals surface area contributed by atoms with Gasteiger partial charge in [0.25, 0.3) is 0 Å². The number of hydrogen-bond donors (Lipinski definition) is 1. The summed E-state index contributed by atoms with van der Waals surface area (Å²) in [5.41, 5.74) is 0.733. The maximum atomic E-state index is 3.58. The Morgan fingerprint density at radius 2 is 1.79 bits per heavy atom. The van der Waals surface area contributed by atoms with Crippen molar-refractivity contribution < 1.29 is 0 Å². The molecule has 1 aliphatic heterocycles. The quantitative estimate of drug-likeness (QED) is 0.761. The van der Waals surface area contributed by atoms with Gasteiger partial charge in [-0.3, -0.25) is 0 Å². The van der Waals surface area contributed by atoms with Crippen LogP contribution < -0.4 is 5.32 Å². The lowest BCUT2D eigenvalue weighted by atomic mass is 9.80. The van der Waals surface area contributed by atoms with E-state index in [4.69, 9.17) is 0 Å². The van der Waals surface area contributed by atoms with Crippen LogP contribution in [0.1, 0.15) is 67.7 Å². The molecule has 1 aliphatic rings. The van der Waals surface area contributed by atoms with Crippen LogP contribution in [0, 0.1) is 11.3 Å². The minimum atomic E-state index is 0.258. The second-order valence-electron chi connectivity index (χ2n) is 8.51. The van der Waals surface area contributed by atoms with Gasteiger partial charge in [0.1, 0.15) is 0 Å². The molecule has 114 valence electrons. The minimum Gasteiger partial charge on any atom is -0.312 e. The third-order valence-corrected chi connectivity index (χ3v) is 4.52. The fourth-order valence-corrected chi connectivity index (χ4v) is 2.94. The van der Waals surface area contributed by atoms with E-state index in [0.29, 0.717) is 5.41 Å². The van der Waals surface area contributed by atoms with E-state index < -0.39 is 0 Å². The molecule has 0 saturated carbocycles. The van der Waals surface area contributed by atoms with Gasteiger partial charge in [0.2, 0.25) is 0 Å². The van der Waals surface area contributed by atoms with Crippen LogP contribution in [0.2, 0.25) is 0 Å². The molecule has 2 heteroatoms. The van der Waals surface area contributed by atoms with Crippen LogP contribution in [0.4, 0.5) is 0 Å². The van der Waals surface area contributed by atoms with E-state index in [9.17, 15) is 0 Å². The lowest BCUT2D eigenvalue weighted by Gasteiger charge is -2.29. The van der Waals surface area contributed by atoms with Crippen molar-refractivity contribution in [1.82, 2.24) is 10.2 Å². The van der Waals surface area contributed by atoms with Crippen molar-refractivity contribution in [1.29, 1.82) is 0 Å². The second kappa shape index (κ2) is 6.58. The Labute approximate surface area is 121 Å². The van der Waals surface area contributed by atoms with Crippen LogP contribution in [-0.2, 0) is 0 Å². The zero-order valence-corrected chi connectivity index (χ0v) is 14.3. The van der Waals surface area contributed by atoms with Crippen molar-refractivity contribution in [2.24, 2.45) is 11.3 Å². The van der Waals surface area contributed by atoms with Crippen LogP contribution in [0.3, 0.4) is 0 Å². The van der Waals surface area contributed by atoms with Crippen LogP contribution >= 0.6 is 0 Å². The van der Waals surface area contributed by atoms with Crippen LogP contribution in [0.25, 0.3) is 0 Å². The zero-order chi connectivity index (χ0) is 14.7. The van der Waals surface area contributed by atoms with E-state index >= 15 is 0 Å². The van der Waals surface area contributed by atoms with Crippen molar-refractivity contribution >= 4 is 0 Å². The average molecular weight is 268 g/mol. The lowest BCUT2D eigenvalue weighted by molar-refractivity contribution is 0.194. The highest BCUT2D eigenvalue weighted by molar-refractivity contribution is 4.86. The van der Waals surface area contributed by atoms with Gasteiger partial charge in [-0.15, -0.1) is 0 Å². The highest BCUT2D eigenvalue weighted by atomic mass is 15.2. The summed E-state index contributed by atoms with van der Waals surface area (Å²) in [6, 6.07) is 0.745. The van der Waals surface area contributed by atoms with E-state index in [1.54, 1.807) is 0 Å². The average Bonchev–Trinajstić information content (AvgIpc) is 2.71. The Kier molecular flexibility index (Phi) is 5.88. The van der Waals surface area contributed by atoms with Gasteiger partial charge in [-0.2, -0.15) is 0 Å². The molecular weight excluding hydrogens is 232 g/mol. The highest BCUT2D eigenvalue weighted by Crippen LogP contribution is 2.34. The molecule has 0 bridgehead atoms. The summed E-state index contributed by atoms with van der Waals surface area (Å²) in [6.07, 6.45) is 3.99. The van der Waals surface area contributed by atoms with Gasteiger partial charge in [-0.05, 0) is 71.4 Å². The summed E-state index contributed by atoms with van der Waals surface area (Å²) in [7, 11) is 0. The third kappa shape index (κ3) is 6.27. The molecule has 1 fully saturated rings. The summed E-state index contributed by atoms with van der Waals surface area (Å²) in [6.45, 7) is 20.0. The van der Waals surface area contributed by atoms with Crippen molar-refractivity contribution in [2.75, 3.05) is 19.6 Å². The molecule has 0 radical (unpaired) electrons. The number of likely N-dealkylation sites (tertiary alicyclic amines) is 1. The molecule has 0 aromatic rings. The van der Waals surface area contributed by atoms with Gasteiger partial charge in [-0.1, -0.05) is 20.8 Å². The zero-order valence-electron chi connectivity index (χ0n) is 14.3. The second-order valence-corrected chi connectivity index (χ2v) is 8.51. The molecule has 1 rings (SSSR count). The SMILES string of the molecule is CC(CCCNC(C)(C)C)N1CCC(C(C)(C)C)C1. The predicted molar refractivity (Wildman–Crippen MR) is 85.6 cm³/mol. The first kappa shape index (κ1) is 17.0. The Balaban J connectivity index is 2.23. The highest BCUT2D eigenvalue weighted by Gasteiger charge is 2.33. The van der Waals surface area contributed by atoms with E-state index in [-0.39, 0.29) is 5.54 Å². The molecule has 1 heterocycles. The van der Waals surface area contributed by atoms with Crippen LogP contribution in [0.5, 0.6) is 0 Å². The van der Waals surface area contributed by atoms with Crippen molar-refractivity contribution in [3.63, 3.8) is 0 Å². The normalized spacial score (nSPS) is 23.8. The molecule has 1 saturated heterocycles. The minimum absolute atomic E-state index is 0.258. The molecule has 0 amide bonds. The molecule has 19 heavy (non-hydrogen) atoms. The molecule has 0 spiro atoms. The Morgan fingerprint density at radius 1 is 1.16 bits per heavy atom. The van der Waals surface area contributed by atoms with Gasteiger partial charge in [0, 0.05) is 18.1 Å². The number of hydrogen-bond acceptors (Lipinski definition) is 2. The van der Waals surface area contributed by atoms with Gasteiger partial charge < -0.3 is 10.2 Å². The standard InChI is InChI=1S/C17H36N2/c1-14(9-8-11-18-17(5,6)7)19-12-10-15(13-19)16(2,3)4/h14-15,18H,8-13H2,1-7H3. The molecule has 1 N–H and O–H groups in total. The monoisotopic (exact) mass is 268 g/mol. The molecule has 2 unspecified atom stereocenters. The topological polar surface area (TPSA) is 15.3 Å². The maximum absolute atomic E-state index is 3.58. The van der Waals surface area contributed by atoms with E-state index in [1.807, 2.05) is 0 Å². The largest absolute Gasteiger partial charge is 0.312 e. The number of nitrogens with zero attached hydrogens (tertiary/aromatic N) is 1. The molecule has 0 aromatic carbocycles. The Morgan fingerprint density at radius 3 is 2.26 bits per heavy atom. The van der Waals surface area contributed by atoms with Crippen molar-refractivity contribution in [3.05, 3.63) is 0 Å². The molecule has 2 atom stereocenters. The fraction of sp³-hybridized carbons (Fsp3) is 1.00. The van der Waals surface area contributed by atoms with Gasteiger partial charge in [0.15, 0.2) is 0 Å².